The molecule has 1 aliphatic carbocycles. The van der Waals surface area contributed by atoms with E-state index in [4.69, 9.17) is 0 Å². The lowest BCUT2D eigenvalue weighted by Gasteiger charge is -2.40. The van der Waals surface area contributed by atoms with Gasteiger partial charge in [-0.25, -0.2) is 0 Å². The van der Waals surface area contributed by atoms with Gasteiger partial charge in [0.15, 0.2) is 0 Å². The highest BCUT2D eigenvalue weighted by Crippen LogP contribution is 2.41. The first-order valence-corrected chi connectivity index (χ1v) is 3.61. The number of carbonyl (C=O) groups excluding carboxylic acids is 4. The molecule has 0 bridgehead atoms. The summed E-state index contributed by atoms with van der Waals surface area (Å²) in [5.41, 5.74) is 0. The van der Waals surface area contributed by atoms with Gasteiger partial charge in [0.2, 0.25) is 0 Å². The first-order valence-electron chi connectivity index (χ1n) is 3.61. The van der Waals surface area contributed by atoms with E-state index in [1.807, 2.05) is 0 Å². The molecule has 0 N–H and O–H groups in total. The summed E-state index contributed by atoms with van der Waals surface area (Å²) in [5.74, 6) is -2.35. The Labute approximate surface area is 68.9 Å². The second-order valence-corrected chi connectivity index (χ2v) is 2.85. The lowest BCUT2D eigenvalue weighted by atomic mass is 9.59. The Hall–Kier alpha value is -1.32. The van der Waals surface area contributed by atoms with Crippen molar-refractivity contribution in [2.45, 2.75) is 0 Å². The molecule has 0 amide bonds. The third-order valence-corrected chi connectivity index (χ3v) is 2.41. The Morgan fingerprint density at radius 1 is 0.500 bits per heavy atom. The van der Waals surface area contributed by atoms with Gasteiger partial charge in [0, 0.05) is 23.7 Å². The number of hydrogen-bond donors (Lipinski definition) is 0. The summed E-state index contributed by atoms with van der Waals surface area (Å²) in [6, 6.07) is 0. The number of rotatable bonds is 4. The van der Waals surface area contributed by atoms with Gasteiger partial charge in [0.05, 0.1) is 0 Å². The highest BCUT2D eigenvalue weighted by molar-refractivity contribution is 5.82. The number of hydrogen-bond acceptors (Lipinski definition) is 4. The van der Waals surface area contributed by atoms with Crippen molar-refractivity contribution in [2.75, 3.05) is 0 Å². The monoisotopic (exact) mass is 168 g/mol. The fourth-order valence-corrected chi connectivity index (χ4v) is 1.61. The average molecular weight is 168 g/mol. The minimum absolute atomic E-state index is 0.568. The van der Waals surface area contributed by atoms with Crippen molar-refractivity contribution in [3.8, 4) is 0 Å². The Bertz CT molecular complexity index is 167. The van der Waals surface area contributed by atoms with Gasteiger partial charge in [-0.05, 0) is 0 Å². The molecule has 0 heterocycles. The summed E-state index contributed by atoms with van der Waals surface area (Å²) in [5, 5.41) is 0. The van der Waals surface area contributed by atoms with Crippen molar-refractivity contribution in [2.24, 2.45) is 23.7 Å². The van der Waals surface area contributed by atoms with Crippen LogP contribution in [0.25, 0.3) is 0 Å². The van der Waals surface area contributed by atoms with E-state index in [0.29, 0.717) is 25.1 Å². The lowest BCUT2D eigenvalue weighted by Crippen LogP contribution is -2.50. The Kier molecular flexibility index (Phi) is 2.47. The Morgan fingerprint density at radius 2 is 0.667 bits per heavy atom. The minimum Gasteiger partial charge on any atom is -0.303 e. The third-order valence-electron chi connectivity index (χ3n) is 2.41. The van der Waals surface area contributed by atoms with E-state index in [0.717, 1.165) is 0 Å². The van der Waals surface area contributed by atoms with Gasteiger partial charge in [-0.3, -0.25) is 0 Å². The van der Waals surface area contributed by atoms with Gasteiger partial charge in [0.1, 0.15) is 25.1 Å². The van der Waals surface area contributed by atoms with E-state index in [-0.39, 0.29) is 0 Å². The predicted octanol–water partition coefficient (Wildman–Crippen LogP) is -0.740. The van der Waals surface area contributed by atoms with Crippen molar-refractivity contribution in [3.05, 3.63) is 0 Å². The van der Waals surface area contributed by atoms with E-state index < -0.39 is 23.7 Å². The van der Waals surface area contributed by atoms with Crippen LogP contribution in [0.15, 0.2) is 0 Å². The van der Waals surface area contributed by atoms with E-state index in [9.17, 15) is 19.2 Å². The van der Waals surface area contributed by atoms with Crippen molar-refractivity contribution < 1.29 is 19.2 Å². The molecule has 0 atom stereocenters. The first-order chi connectivity index (χ1) is 5.79. The normalized spacial score (nSPS) is 39.3. The topological polar surface area (TPSA) is 68.3 Å². The molecule has 0 aromatic heterocycles. The van der Waals surface area contributed by atoms with Gasteiger partial charge in [-0.15, -0.1) is 0 Å². The van der Waals surface area contributed by atoms with E-state index in [1.165, 1.54) is 0 Å². The summed E-state index contributed by atoms with van der Waals surface area (Å²) in [6.45, 7) is 0. The average Bonchev–Trinajstić information content (AvgIpc) is 2.05. The maximum Gasteiger partial charge on any atom is 0.124 e. The molecule has 0 aliphatic heterocycles. The molecule has 0 unspecified atom stereocenters. The molecule has 0 saturated heterocycles. The van der Waals surface area contributed by atoms with Crippen LogP contribution in [-0.2, 0) is 19.2 Å². The van der Waals surface area contributed by atoms with Crippen LogP contribution in [0.2, 0.25) is 0 Å². The molecule has 0 spiro atoms. The largest absolute Gasteiger partial charge is 0.303 e. The summed E-state index contributed by atoms with van der Waals surface area (Å²) in [6.07, 6.45) is 2.27. The maximum absolute atomic E-state index is 10.4. The third kappa shape index (κ3) is 0.995. The van der Waals surface area contributed by atoms with Crippen LogP contribution in [0.3, 0.4) is 0 Å². The zero-order valence-corrected chi connectivity index (χ0v) is 6.25. The highest BCUT2D eigenvalue weighted by Gasteiger charge is 2.50. The predicted molar refractivity (Wildman–Crippen MR) is 38.2 cm³/mol. The van der Waals surface area contributed by atoms with Crippen LogP contribution in [0.1, 0.15) is 0 Å². The molecule has 12 heavy (non-hydrogen) atoms. The molecule has 1 fully saturated rings. The molecule has 1 rings (SSSR count). The molecule has 4 heteroatoms. The van der Waals surface area contributed by atoms with Crippen LogP contribution < -0.4 is 0 Å². The Morgan fingerprint density at radius 3 is 0.750 bits per heavy atom. The molecule has 1 aliphatic rings. The van der Waals surface area contributed by atoms with Gasteiger partial charge < -0.3 is 19.2 Å². The molecule has 64 valence electrons. The fraction of sp³-hybridized carbons (Fsp3) is 0.500. The molecule has 0 aromatic rings. The maximum atomic E-state index is 10.4. The van der Waals surface area contributed by atoms with Crippen LogP contribution in [0.5, 0.6) is 0 Å². The van der Waals surface area contributed by atoms with Gasteiger partial charge in [-0.1, -0.05) is 0 Å². The van der Waals surface area contributed by atoms with Crippen LogP contribution >= 0.6 is 0 Å². The lowest BCUT2D eigenvalue weighted by molar-refractivity contribution is -0.146. The number of carbonyl (C=O) groups is 4. The molecule has 4 nitrogen and oxygen atoms in total. The zero-order chi connectivity index (χ0) is 9.14. The zero-order valence-electron chi connectivity index (χ0n) is 6.25. The van der Waals surface area contributed by atoms with Crippen molar-refractivity contribution in [1.82, 2.24) is 0 Å². The molecule has 0 aromatic carbocycles. The summed E-state index contributed by atoms with van der Waals surface area (Å²) in [4.78, 5) is 41.4. The van der Waals surface area contributed by atoms with Crippen molar-refractivity contribution in [1.29, 1.82) is 0 Å². The van der Waals surface area contributed by atoms with Crippen LogP contribution in [0, 0.1) is 23.7 Å². The van der Waals surface area contributed by atoms with E-state index in [1.54, 1.807) is 0 Å². The smallest absolute Gasteiger partial charge is 0.124 e. The quantitative estimate of drug-likeness (QED) is 0.518. The second kappa shape index (κ2) is 3.38. The van der Waals surface area contributed by atoms with Gasteiger partial charge in [0.25, 0.3) is 0 Å². The summed E-state index contributed by atoms with van der Waals surface area (Å²) >= 11 is 0. The molecule has 1 saturated carbocycles. The molecular weight excluding hydrogens is 160 g/mol. The standard InChI is InChI=1S/C8H8O4/c9-1-5-6(2-10)8(4-12)7(5)3-11/h1-8H. The van der Waals surface area contributed by atoms with Crippen molar-refractivity contribution in [3.63, 3.8) is 0 Å². The van der Waals surface area contributed by atoms with Crippen molar-refractivity contribution >= 4 is 25.1 Å². The highest BCUT2D eigenvalue weighted by atomic mass is 16.1. The van der Waals surface area contributed by atoms with E-state index in [2.05, 4.69) is 0 Å². The van der Waals surface area contributed by atoms with Crippen LogP contribution in [0.4, 0.5) is 0 Å². The Balaban J connectivity index is 2.77. The van der Waals surface area contributed by atoms with Crippen LogP contribution in [-0.4, -0.2) is 25.1 Å². The first kappa shape index (κ1) is 8.77. The molecule has 0 radical (unpaired) electrons. The minimum atomic E-state index is -0.588. The fourth-order valence-electron chi connectivity index (χ4n) is 1.61. The van der Waals surface area contributed by atoms with E-state index >= 15 is 0 Å². The van der Waals surface area contributed by atoms with Gasteiger partial charge in [-0.2, -0.15) is 0 Å². The molecular formula is C8H8O4. The van der Waals surface area contributed by atoms with Gasteiger partial charge >= 0.3 is 0 Å². The second-order valence-electron chi connectivity index (χ2n) is 2.85. The number of aldehydes is 4. The summed E-state index contributed by atoms with van der Waals surface area (Å²) in [7, 11) is 0. The SMILES string of the molecule is O=CC1C(C=O)C(C=O)C1C=O. The summed E-state index contributed by atoms with van der Waals surface area (Å²) < 4.78 is 0.